The second kappa shape index (κ2) is 9.57. The SMILES string of the molecule is CC1(C)Oc2ncnc(N)c2N=C1c1ccc(C2CCC(CC(=O)N3CCC[C@H]3CO)CC2)cc1. The molecule has 35 heavy (non-hydrogen) atoms. The second-order valence-corrected chi connectivity index (χ2v) is 10.6. The molecule has 5 rings (SSSR count). The van der Waals surface area contributed by atoms with Gasteiger partial charge < -0.3 is 20.5 Å². The minimum atomic E-state index is -0.635. The summed E-state index contributed by atoms with van der Waals surface area (Å²) in [5.74, 6) is 1.90. The first-order valence-electron chi connectivity index (χ1n) is 12.7. The van der Waals surface area contributed by atoms with Gasteiger partial charge in [0.2, 0.25) is 11.8 Å². The van der Waals surface area contributed by atoms with E-state index in [9.17, 15) is 9.90 Å². The van der Waals surface area contributed by atoms with Crippen LogP contribution in [0.4, 0.5) is 11.5 Å². The number of nitrogens with zero attached hydrogens (tertiary/aromatic N) is 4. The molecule has 8 nitrogen and oxygen atoms in total. The Bertz CT molecular complexity index is 1110. The molecule has 1 aliphatic carbocycles. The van der Waals surface area contributed by atoms with Crippen LogP contribution in [-0.4, -0.2) is 56.4 Å². The smallest absolute Gasteiger partial charge is 0.246 e. The lowest BCUT2D eigenvalue weighted by molar-refractivity contribution is -0.134. The van der Waals surface area contributed by atoms with Crippen LogP contribution in [0.5, 0.6) is 5.88 Å². The van der Waals surface area contributed by atoms with Gasteiger partial charge in [-0.2, -0.15) is 4.98 Å². The van der Waals surface area contributed by atoms with Crippen molar-refractivity contribution in [2.45, 2.75) is 76.4 Å². The zero-order valence-corrected chi connectivity index (χ0v) is 20.6. The second-order valence-electron chi connectivity index (χ2n) is 10.6. The number of aromatic nitrogens is 2. The number of hydrogen-bond donors (Lipinski definition) is 2. The first-order valence-corrected chi connectivity index (χ1v) is 12.7. The molecule has 3 heterocycles. The number of aliphatic hydroxyl groups is 1. The van der Waals surface area contributed by atoms with Gasteiger partial charge in [-0.15, -0.1) is 0 Å². The zero-order chi connectivity index (χ0) is 24.6. The highest BCUT2D eigenvalue weighted by Gasteiger charge is 2.35. The van der Waals surface area contributed by atoms with Crippen LogP contribution in [0.1, 0.15) is 75.8 Å². The minimum absolute atomic E-state index is 0.0268. The molecule has 3 aliphatic rings. The number of carbonyl (C=O) groups excluding carboxylic acids is 1. The van der Waals surface area contributed by atoms with Gasteiger partial charge in [0, 0.05) is 18.5 Å². The van der Waals surface area contributed by atoms with E-state index in [0.717, 1.165) is 56.3 Å². The summed E-state index contributed by atoms with van der Waals surface area (Å²) in [6, 6.07) is 8.64. The first kappa shape index (κ1) is 23.7. The third-order valence-corrected chi connectivity index (χ3v) is 7.84. The fourth-order valence-electron chi connectivity index (χ4n) is 5.83. The van der Waals surface area contributed by atoms with Crippen molar-refractivity contribution in [2.75, 3.05) is 18.9 Å². The molecule has 1 saturated heterocycles. The van der Waals surface area contributed by atoms with Crippen molar-refractivity contribution < 1.29 is 14.6 Å². The van der Waals surface area contributed by atoms with E-state index in [1.807, 2.05) is 18.7 Å². The van der Waals surface area contributed by atoms with E-state index in [2.05, 4.69) is 34.2 Å². The van der Waals surface area contributed by atoms with E-state index in [1.54, 1.807) is 0 Å². The van der Waals surface area contributed by atoms with E-state index >= 15 is 0 Å². The maximum Gasteiger partial charge on any atom is 0.246 e. The number of aliphatic imine (C=N–C) groups is 1. The quantitative estimate of drug-likeness (QED) is 0.673. The Labute approximate surface area is 206 Å². The Morgan fingerprint density at radius 3 is 2.60 bits per heavy atom. The van der Waals surface area contributed by atoms with E-state index in [-0.39, 0.29) is 18.6 Å². The molecule has 0 bridgehead atoms. The molecule has 1 aromatic carbocycles. The topological polar surface area (TPSA) is 114 Å². The molecule has 0 spiro atoms. The summed E-state index contributed by atoms with van der Waals surface area (Å²) < 4.78 is 6.10. The summed E-state index contributed by atoms with van der Waals surface area (Å²) in [5.41, 5.74) is 8.99. The predicted octanol–water partition coefficient (Wildman–Crippen LogP) is 4.00. The van der Waals surface area contributed by atoms with Gasteiger partial charge in [-0.25, -0.2) is 9.98 Å². The van der Waals surface area contributed by atoms with Crippen LogP contribution in [0, 0.1) is 5.92 Å². The lowest BCUT2D eigenvalue weighted by Gasteiger charge is -2.32. The monoisotopic (exact) mass is 477 g/mol. The lowest BCUT2D eigenvalue weighted by atomic mass is 9.77. The number of rotatable bonds is 5. The molecule has 1 amide bonds. The van der Waals surface area contributed by atoms with Crippen molar-refractivity contribution in [1.29, 1.82) is 0 Å². The molecule has 1 saturated carbocycles. The van der Waals surface area contributed by atoms with Gasteiger partial charge in [0.05, 0.1) is 18.4 Å². The molecule has 1 aromatic heterocycles. The fourth-order valence-corrected chi connectivity index (χ4v) is 5.83. The highest BCUT2D eigenvalue weighted by molar-refractivity contribution is 6.09. The molecular formula is C27H35N5O3. The van der Waals surface area contributed by atoms with Crippen molar-refractivity contribution in [1.82, 2.24) is 14.9 Å². The average Bonchev–Trinajstić information content (AvgIpc) is 3.33. The van der Waals surface area contributed by atoms with Crippen LogP contribution in [0.25, 0.3) is 0 Å². The van der Waals surface area contributed by atoms with Crippen molar-refractivity contribution in [3.8, 4) is 5.88 Å². The van der Waals surface area contributed by atoms with Gasteiger partial charge in [-0.3, -0.25) is 4.79 Å². The number of anilines is 1. The summed E-state index contributed by atoms with van der Waals surface area (Å²) in [4.78, 5) is 27.7. The fraction of sp³-hybridized carbons (Fsp3) is 0.556. The zero-order valence-electron chi connectivity index (χ0n) is 20.6. The maximum atomic E-state index is 12.8. The standard InChI is InChI=1S/C27H35N5O3/c1-27(2)24(31-23-25(28)29-16-30-26(23)35-27)20-11-9-19(10-12-20)18-7-5-17(6-8-18)14-22(34)32-13-3-4-21(32)15-33/h9-12,16-18,21,33H,3-8,13-15H2,1-2H3,(H2,28,29,30)/t17?,18?,21-/m0/s1. The molecule has 2 aliphatic heterocycles. The Balaban J connectivity index is 1.22. The van der Waals surface area contributed by atoms with Gasteiger partial charge in [-0.05, 0) is 69.8 Å². The predicted molar refractivity (Wildman–Crippen MR) is 135 cm³/mol. The third kappa shape index (κ3) is 4.76. The van der Waals surface area contributed by atoms with E-state index in [0.29, 0.717) is 35.6 Å². The third-order valence-electron chi connectivity index (χ3n) is 7.84. The lowest BCUT2D eigenvalue weighted by Crippen LogP contribution is -2.41. The molecular weight excluding hydrogens is 442 g/mol. The molecule has 2 fully saturated rings. The van der Waals surface area contributed by atoms with Crippen molar-refractivity contribution in [2.24, 2.45) is 10.9 Å². The van der Waals surface area contributed by atoms with Crippen molar-refractivity contribution >= 4 is 23.1 Å². The van der Waals surface area contributed by atoms with Crippen LogP contribution < -0.4 is 10.5 Å². The number of hydrogen-bond acceptors (Lipinski definition) is 7. The summed E-state index contributed by atoms with van der Waals surface area (Å²) >= 11 is 0. The summed E-state index contributed by atoms with van der Waals surface area (Å²) in [7, 11) is 0. The van der Waals surface area contributed by atoms with E-state index in [4.69, 9.17) is 15.5 Å². The van der Waals surface area contributed by atoms with Crippen LogP contribution in [0.3, 0.4) is 0 Å². The number of ether oxygens (including phenoxy) is 1. The van der Waals surface area contributed by atoms with Crippen LogP contribution in [-0.2, 0) is 4.79 Å². The summed E-state index contributed by atoms with van der Waals surface area (Å²) in [6.45, 7) is 4.84. The van der Waals surface area contributed by atoms with Crippen LogP contribution in [0.2, 0.25) is 0 Å². The molecule has 3 N–H and O–H groups in total. The number of likely N-dealkylation sites (tertiary alicyclic amines) is 1. The Morgan fingerprint density at radius 2 is 1.89 bits per heavy atom. The maximum absolute atomic E-state index is 12.8. The summed E-state index contributed by atoms with van der Waals surface area (Å²) in [5, 5.41) is 9.52. The normalized spacial score (nSPS) is 25.5. The van der Waals surface area contributed by atoms with E-state index in [1.165, 1.54) is 11.9 Å². The highest BCUT2D eigenvalue weighted by Crippen LogP contribution is 2.40. The number of nitrogens with two attached hydrogens (primary N) is 1. The number of benzene rings is 1. The van der Waals surface area contributed by atoms with Crippen molar-refractivity contribution in [3.63, 3.8) is 0 Å². The number of fused-ring (bicyclic) bond motifs is 1. The van der Waals surface area contributed by atoms with Gasteiger partial charge >= 0.3 is 0 Å². The van der Waals surface area contributed by atoms with Gasteiger partial charge in [0.25, 0.3) is 0 Å². The Hall–Kier alpha value is -3.00. The molecule has 2 aromatic rings. The summed E-state index contributed by atoms with van der Waals surface area (Å²) in [6.07, 6.45) is 8.26. The minimum Gasteiger partial charge on any atom is -0.463 e. The number of aliphatic hydroxyl groups excluding tert-OH is 1. The molecule has 8 heteroatoms. The number of amides is 1. The first-order chi connectivity index (χ1) is 16.9. The van der Waals surface area contributed by atoms with E-state index < -0.39 is 5.60 Å². The van der Waals surface area contributed by atoms with Gasteiger partial charge in [0.15, 0.2) is 11.5 Å². The molecule has 186 valence electrons. The highest BCUT2D eigenvalue weighted by atomic mass is 16.5. The van der Waals surface area contributed by atoms with Crippen LogP contribution in [0.15, 0.2) is 35.6 Å². The number of nitrogen functional groups attached to an aromatic ring is 1. The Morgan fingerprint density at radius 1 is 1.14 bits per heavy atom. The average molecular weight is 478 g/mol. The van der Waals surface area contributed by atoms with Gasteiger partial charge in [0.1, 0.15) is 11.9 Å². The van der Waals surface area contributed by atoms with Crippen molar-refractivity contribution in [3.05, 3.63) is 41.7 Å². The largest absolute Gasteiger partial charge is 0.463 e. The Kier molecular flexibility index (Phi) is 6.49. The molecule has 1 atom stereocenters. The number of carbonyl (C=O) groups is 1. The molecule has 0 radical (unpaired) electrons. The van der Waals surface area contributed by atoms with Gasteiger partial charge in [-0.1, -0.05) is 24.3 Å². The van der Waals surface area contributed by atoms with Crippen LogP contribution >= 0.6 is 0 Å². The molecule has 0 unspecified atom stereocenters.